The molecule has 0 atom stereocenters. The Bertz CT molecular complexity index is 91.8. The van der Waals surface area contributed by atoms with Gasteiger partial charge in [-0.2, -0.15) is 0 Å². The highest BCUT2D eigenvalue weighted by Gasteiger charge is 2.23. The van der Waals surface area contributed by atoms with Crippen molar-refractivity contribution >= 4 is 0 Å². The van der Waals surface area contributed by atoms with E-state index in [0.29, 0.717) is 0 Å². The van der Waals surface area contributed by atoms with Crippen LogP contribution in [0, 0.1) is 18.3 Å². The van der Waals surface area contributed by atoms with Crippen LogP contribution in [0.25, 0.3) is 0 Å². The monoisotopic (exact) mass is 141 g/mol. The van der Waals surface area contributed by atoms with E-state index in [2.05, 4.69) is 6.42 Å². The quantitative estimate of drug-likeness (QED) is 0.580. The average Bonchev–Trinajstić information content (AvgIpc) is 1.70. The van der Waals surface area contributed by atoms with Gasteiger partial charge in [0.2, 0.25) is 0 Å². The van der Waals surface area contributed by atoms with E-state index in [1.54, 1.807) is 0 Å². The zero-order valence-electron chi connectivity index (χ0n) is 6.08. The van der Waals surface area contributed by atoms with Gasteiger partial charge in [0.15, 0.2) is 0 Å². The molecule has 0 spiro atoms. The van der Waals surface area contributed by atoms with Crippen LogP contribution in [0.4, 0.5) is 0 Å². The van der Waals surface area contributed by atoms with Crippen molar-refractivity contribution in [1.29, 1.82) is 0 Å². The summed E-state index contributed by atoms with van der Waals surface area (Å²) < 4.78 is 10.1. The van der Waals surface area contributed by atoms with Gasteiger partial charge in [0.05, 0.1) is 26.4 Å². The van der Waals surface area contributed by atoms with Crippen LogP contribution in [0.2, 0.25) is 0 Å². The van der Waals surface area contributed by atoms with Gasteiger partial charge in [-0.15, -0.1) is 0 Å². The van der Waals surface area contributed by atoms with Crippen LogP contribution in [0.3, 0.4) is 0 Å². The van der Waals surface area contributed by atoms with Crippen molar-refractivity contribution in [3.8, 4) is 0 Å². The molecule has 1 radical (unpaired) electrons. The van der Waals surface area contributed by atoms with E-state index in [0.717, 1.165) is 38.3 Å². The van der Waals surface area contributed by atoms with Gasteiger partial charge in [0.25, 0.3) is 0 Å². The molecule has 0 bridgehead atoms. The maximum absolute atomic E-state index is 5.07. The third-order valence-electron chi connectivity index (χ3n) is 2.17. The van der Waals surface area contributed by atoms with Crippen molar-refractivity contribution in [1.82, 2.24) is 0 Å². The third-order valence-corrected chi connectivity index (χ3v) is 2.17. The van der Waals surface area contributed by atoms with Crippen molar-refractivity contribution in [3.63, 3.8) is 0 Å². The molecule has 2 heterocycles. The van der Waals surface area contributed by atoms with Crippen LogP contribution in [0.1, 0.15) is 6.42 Å². The molecule has 0 N–H and O–H groups in total. The van der Waals surface area contributed by atoms with E-state index in [4.69, 9.17) is 9.47 Å². The van der Waals surface area contributed by atoms with Crippen molar-refractivity contribution in [2.45, 2.75) is 6.42 Å². The summed E-state index contributed by atoms with van der Waals surface area (Å²) in [6.07, 6.45) is 3.62. The van der Waals surface area contributed by atoms with E-state index < -0.39 is 0 Å². The van der Waals surface area contributed by atoms with Crippen molar-refractivity contribution in [3.05, 3.63) is 6.42 Å². The Kier molecular flexibility index (Phi) is 1.91. The molecule has 0 amide bonds. The normalized spacial score (nSPS) is 27.6. The van der Waals surface area contributed by atoms with Crippen LogP contribution in [-0.4, -0.2) is 26.4 Å². The molecule has 2 nitrogen and oxygen atoms in total. The lowest BCUT2D eigenvalue weighted by Gasteiger charge is -2.30. The molecule has 0 aliphatic carbocycles. The van der Waals surface area contributed by atoms with Crippen LogP contribution in [0.15, 0.2) is 0 Å². The number of hydrogen-bond acceptors (Lipinski definition) is 2. The first-order valence-corrected chi connectivity index (χ1v) is 3.94. The first-order valence-electron chi connectivity index (χ1n) is 3.94. The second-order valence-corrected chi connectivity index (χ2v) is 3.17. The van der Waals surface area contributed by atoms with Gasteiger partial charge in [0.1, 0.15) is 0 Å². The zero-order valence-corrected chi connectivity index (χ0v) is 6.08. The highest BCUT2D eigenvalue weighted by molar-refractivity contribution is 4.84. The SMILES string of the molecule is [CH](CC1COC1)C1COC1. The summed E-state index contributed by atoms with van der Waals surface area (Å²) in [7, 11) is 0. The standard InChI is InChI=1S/C8H13O2/c1(7-3-9-4-7)2-8-5-10-6-8/h1,7-8H,2-6H2. The topological polar surface area (TPSA) is 18.5 Å². The Morgan fingerprint density at radius 1 is 1.10 bits per heavy atom. The highest BCUT2D eigenvalue weighted by Crippen LogP contribution is 2.22. The fraction of sp³-hybridized carbons (Fsp3) is 0.875. The third kappa shape index (κ3) is 1.32. The molecule has 2 aliphatic heterocycles. The van der Waals surface area contributed by atoms with E-state index >= 15 is 0 Å². The van der Waals surface area contributed by atoms with Crippen LogP contribution in [0.5, 0.6) is 0 Å². The van der Waals surface area contributed by atoms with Crippen LogP contribution >= 0.6 is 0 Å². The molecule has 10 heavy (non-hydrogen) atoms. The average molecular weight is 141 g/mol. The molecule has 0 aromatic rings. The van der Waals surface area contributed by atoms with E-state index in [-0.39, 0.29) is 0 Å². The maximum atomic E-state index is 5.07. The summed E-state index contributed by atoms with van der Waals surface area (Å²) >= 11 is 0. The van der Waals surface area contributed by atoms with Gasteiger partial charge in [-0.1, -0.05) is 0 Å². The Balaban J connectivity index is 1.54. The Morgan fingerprint density at radius 2 is 1.80 bits per heavy atom. The lowest BCUT2D eigenvalue weighted by atomic mass is 9.94. The summed E-state index contributed by atoms with van der Waals surface area (Å²) in [6.45, 7) is 3.86. The second kappa shape index (κ2) is 2.89. The first-order chi connectivity index (χ1) is 4.95. The molecule has 2 fully saturated rings. The van der Waals surface area contributed by atoms with Gasteiger partial charge in [-0.05, 0) is 12.8 Å². The fourth-order valence-corrected chi connectivity index (χ4v) is 1.20. The minimum atomic E-state index is 0.751. The zero-order chi connectivity index (χ0) is 6.81. The molecular formula is C8H13O2. The maximum Gasteiger partial charge on any atom is 0.0519 e. The van der Waals surface area contributed by atoms with Crippen molar-refractivity contribution in [2.75, 3.05) is 26.4 Å². The van der Waals surface area contributed by atoms with E-state index in [9.17, 15) is 0 Å². The molecule has 2 heteroatoms. The lowest BCUT2D eigenvalue weighted by molar-refractivity contribution is -0.0453. The van der Waals surface area contributed by atoms with E-state index in [1.165, 1.54) is 6.42 Å². The molecule has 57 valence electrons. The summed E-state index contributed by atoms with van der Waals surface area (Å²) in [6, 6.07) is 0. The van der Waals surface area contributed by atoms with Gasteiger partial charge >= 0.3 is 0 Å². The van der Waals surface area contributed by atoms with Crippen molar-refractivity contribution < 1.29 is 9.47 Å². The number of hydrogen-bond donors (Lipinski definition) is 0. The number of ether oxygens (including phenoxy) is 2. The van der Waals surface area contributed by atoms with Crippen LogP contribution in [-0.2, 0) is 9.47 Å². The summed E-state index contributed by atoms with van der Waals surface area (Å²) in [5.74, 6) is 1.57. The van der Waals surface area contributed by atoms with Gasteiger partial charge < -0.3 is 9.47 Å². The molecule has 0 aromatic carbocycles. The minimum Gasteiger partial charge on any atom is -0.381 e. The van der Waals surface area contributed by atoms with Crippen molar-refractivity contribution in [2.24, 2.45) is 11.8 Å². The number of rotatable bonds is 3. The molecule has 0 saturated carbocycles. The molecule has 2 rings (SSSR count). The fourth-order valence-electron chi connectivity index (χ4n) is 1.20. The summed E-state index contributed by atoms with van der Waals surface area (Å²) in [5, 5.41) is 0. The Morgan fingerprint density at radius 3 is 2.20 bits per heavy atom. The largest absolute Gasteiger partial charge is 0.381 e. The van der Waals surface area contributed by atoms with Gasteiger partial charge in [0, 0.05) is 11.8 Å². The molecule has 0 aromatic heterocycles. The van der Waals surface area contributed by atoms with Gasteiger partial charge in [-0.25, -0.2) is 0 Å². The Labute approximate surface area is 61.5 Å². The van der Waals surface area contributed by atoms with Crippen LogP contribution < -0.4 is 0 Å². The predicted molar refractivity (Wildman–Crippen MR) is 37.5 cm³/mol. The lowest BCUT2D eigenvalue weighted by Crippen LogP contribution is -2.32. The molecule has 0 unspecified atom stereocenters. The predicted octanol–water partition coefficient (Wildman–Crippen LogP) is 0.874. The van der Waals surface area contributed by atoms with E-state index in [1.807, 2.05) is 0 Å². The smallest absolute Gasteiger partial charge is 0.0519 e. The molecule has 2 aliphatic rings. The summed E-state index contributed by atoms with van der Waals surface area (Å²) in [4.78, 5) is 0. The minimum absolute atomic E-state index is 0.751. The highest BCUT2D eigenvalue weighted by atomic mass is 16.5. The first kappa shape index (κ1) is 6.62. The molecular weight excluding hydrogens is 128 g/mol. The molecule has 2 saturated heterocycles. The van der Waals surface area contributed by atoms with Gasteiger partial charge in [-0.3, -0.25) is 0 Å². The Hall–Kier alpha value is -0.0800. The second-order valence-electron chi connectivity index (χ2n) is 3.17. The summed E-state index contributed by atoms with van der Waals surface area (Å²) in [5.41, 5.74) is 0.